The molecule has 0 unspecified atom stereocenters. The zero-order valence-electron chi connectivity index (χ0n) is 7.83. The van der Waals surface area contributed by atoms with Gasteiger partial charge in [0, 0.05) is 10.6 Å². The monoisotopic (exact) mass is 213 g/mol. The predicted molar refractivity (Wildman–Crippen MR) is 57.5 cm³/mol. The Kier molecular flexibility index (Phi) is 3.59. The van der Waals surface area contributed by atoms with Crippen LogP contribution in [0.5, 0.6) is 5.75 Å². The van der Waals surface area contributed by atoms with Crippen molar-refractivity contribution >= 4 is 17.6 Å². The molecule has 0 aliphatic carbocycles. The van der Waals surface area contributed by atoms with Gasteiger partial charge in [0.05, 0.1) is 13.7 Å². The van der Waals surface area contributed by atoms with E-state index in [0.717, 1.165) is 11.3 Å². The number of nitrogens with zero attached hydrogens (tertiary/aromatic N) is 1. The molecule has 0 atom stereocenters. The number of nitrogens with two attached hydrogens (primary N) is 2. The summed E-state index contributed by atoms with van der Waals surface area (Å²) in [7, 11) is 1.59. The second-order valence-electron chi connectivity index (χ2n) is 2.70. The maximum absolute atomic E-state index is 5.82. The van der Waals surface area contributed by atoms with Crippen molar-refractivity contribution in [1.29, 1.82) is 0 Å². The Morgan fingerprint density at radius 3 is 2.79 bits per heavy atom. The van der Waals surface area contributed by atoms with Gasteiger partial charge in [0.2, 0.25) is 0 Å². The summed E-state index contributed by atoms with van der Waals surface area (Å²) < 4.78 is 5.12. The molecule has 1 aromatic carbocycles. The van der Waals surface area contributed by atoms with Gasteiger partial charge in [0.1, 0.15) is 5.75 Å². The Bertz CT molecular complexity index is 348. The number of hydrogen-bond donors (Lipinski definition) is 2. The molecule has 0 amide bonds. The van der Waals surface area contributed by atoms with E-state index in [1.807, 2.05) is 0 Å². The predicted octanol–water partition coefficient (Wildman–Crippen LogP) is 1.12. The van der Waals surface area contributed by atoms with Crippen molar-refractivity contribution in [2.75, 3.05) is 7.11 Å². The zero-order valence-corrected chi connectivity index (χ0v) is 8.58. The Morgan fingerprint density at radius 1 is 1.50 bits per heavy atom. The van der Waals surface area contributed by atoms with E-state index in [4.69, 9.17) is 27.8 Å². The average molecular weight is 214 g/mol. The van der Waals surface area contributed by atoms with Crippen molar-refractivity contribution in [2.24, 2.45) is 16.5 Å². The summed E-state index contributed by atoms with van der Waals surface area (Å²) in [5.41, 5.74) is 11.3. The first kappa shape index (κ1) is 10.7. The molecule has 0 fully saturated rings. The minimum Gasteiger partial charge on any atom is -0.496 e. The fourth-order valence-electron chi connectivity index (χ4n) is 1.05. The molecule has 0 aliphatic heterocycles. The second-order valence-corrected chi connectivity index (χ2v) is 3.13. The molecule has 4 N–H and O–H groups in total. The van der Waals surface area contributed by atoms with E-state index in [1.165, 1.54) is 0 Å². The highest BCUT2D eigenvalue weighted by atomic mass is 35.5. The summed E-state index contributed by atoms with van der Waals surface area (Å²) in [5.74, 6) is 0.770. The lowest BCUT2D eigenvalue weighted by molar-refractivity contribution is 0.410. The zero-order chi connectivity index (χ0) is 10.6. The van der Waals surface area contributed by atoms with Crippen molar-refractivity contribution in [1.82, 2.24) is 0 Å². The van der Waals surface area contributed by atoms with E-state index in [0.29, 0.717) is 11.6 Å². The molecule has 0 radical (unpaired) electrons. The first-order valence-electron chi connectivity index (χ1n) is 4.01. The maximum atomic E-state index is 5.82. The molecule has 0 saturated carbocycles. The fourth-order valence-corrected chi connectivity index (χ4v) is 1.24. The molecule has 4 nitrogen and oxygen atoms in total. The van der Waals surface area contributed by atoms with Crippen LogP contribution < -0.4 is 16.2 Å². The minimum atomic E-state index is 0.0482. The van der Waals surface area contributed by atoms with Gasteiger partial charge in [-0.15, -0.1) is 0 Å². The highest BCUT2D eigenvalue weighted by molar-refractivity contribution is 6.30. The van der Waals surface area contributed by atoms with E-state index in [-0.39, 0.29) is 5.96 Å². The molecule has 0 aliphatic rings. The van der Waals surface area contributed by atoms with Crippen LogP contribution in [0.25, 0.3) is 0 Å². The summed E-state index contributed by atoms with van der Waals surface area (Å²) in [4.78, 5) is 3.88. The highest BCUT2D eigenvalue weighted by Crippen LogP contribution is 2.23. The topological polar surface area (TPSA) is 73.6 Å². The van der Waals surface area contributed by atoms with Crippen LogP contribution in [0.4, 0.5) is 0 Å². The van der Waals surface area contributed by atoms with Crippen molar-refractivity contribution in [2.45, 2.75) is 6.54 Å². The Labute approximate surface area is 87.5 Å². The average Bonchev–Trinajstić information content (AvgIpc) is 2.15. The first-order chi connectivity index (χ1) is 6.63. The van der Waals surface area contributed by atoms with Gasteiger partial charge >= 0.3 is 0 Å². The number of guanidine groups is 1. The van der Waals surface area contributed by atoms with Gasteiger partial charge < -0.3 is 16.2 Å². The van der Waals surface area contributed by atoms with Crippen LogP contribution in [-0.2, 0) is 6.54 Å². The number of halogens is 1. The lowest BCUT2D eigenvalue weighted by Gasteiger charge is -2.06. The molecule has 0 heterocycles. The highest BCUT2D eigenvalue weighted by Gasteiger charge is 2.02. The number of aliphatic imine (C=N–C) groups is 1. The quantitative estimate of drug-likeness (QED) is 0.584. The number of rotatable bonds is 3. The molecule has 0 saturated heterocycles. The van der Waals surface area contributed by atoms with Gasteiger partial charge in [-0.2, -0.15) is 0 Å². The standard InChI is InChI=1S/C9H12ClN3O/c1-14-8-3-2-7(10)4-6(8)5-13-9(11)12/h2-4H,5H2,1H3,(H4,11,12,13). The molecular weight excluding hydrogens is 202 g/mol. The minimum absolute atomic E-state index is 0.0482. The third-order valence-corrected chi connectivity index (χ3v) is 1.91. The van der Waals surface area contributed by atoms with Gasteiger partial charge in [0.15, 0.2) is 5.96 Å². The van der Waals surface area contributed by atoms with Crippen molar-refractivity contribution in [3.8, 4) is 5.75 Å². The molecular formula is C9H12ClN3O. The van der Waals surface area contributed by atoms with E-state index in [2.05, 4.69) is 4.99 Å². The molecule has 76 valence electrons. The summed E-state index contributed by atoms with van der Waals surface area (Å²) in [6.45, 7) is 0.367. The Hall–Kier alpha value is -1.42. The van der Waals surface area contributed by atoms with Crippen LogP contribution in [0.3, 0.4) is 0 Å². The van der Waals surface area contributed by atoms with Crippen LogP contribution >= 0.6 is 11.6 Å². The van der Waals surface area contributed by atoms with Crippen LogP contribution in [0, 0.1) is 0 Å². The van der Waals surface area contributed by atoms with Gasteiger partial charge in [-0.3, -0.25) is 0 Å². The van der Waals surface area contributed by atoms with Gasteiger partial charge in [-0.05, 0) is 18.2 Å². The lowest BCUT2D eigenvalue weighted by Crippen LogP contribution is -2.22. The van der Waals surface area contributed by atoms with Crippen LogP contribution in [0.1, 0.15) is 5.56 Å². The summed E-state index contributed by atoms with van der Waals surface area (Å²) >= 11 is 5.82. The number of hydrogen-bond acceptors (Lipinski definition) is 2. The number of benzene rings is 1. The lowest BCUT2D eigenvalue weighted by atomic mass is 10.2. The number of ether oxygens (including phenoxy) is 1. The largest absolute Gasteiger partial charge is 0.496 e. The first-order valence-corrected chi connectivity index (χ1v) is 4.39. The Morgan fingerprint density at radius 2 is 2.21 bits per heavy atom. The molecule has 1 aromatic rings. The van der Waals surface area contributed by atoms with Gasteiger partial charge in [-0.25, -0.2) is 4.99 Å². The maximum Gasteiger partial charge on any atom is 0.186 e. The SMILES string of the molecule is COc1ccc(Cl)cc1CN=C(N)N. The van der Waals surface area contributed by atoms with Crippen LogP contribution in [0.15, 0.2) is 23.2 Å². The second kappa shape index (κ2) is 4.72. The molecule has 0 spiro atoms. The fraction of sp³-hybridized carbons (Fsp3) is 0.222. The Balaban J connectivity index is 2.93. The van der Waals surface area contributed by atoms with Crippen molar-refractivity contribution < 1.29 is 4.74 Å². The summed E-state index contributed by atoms with van der Waals surface area (Å²) in [5, 5.41) is 0.631. The molecule has 14 heavy (non-hydrogen) atoms. The number of methoxy groups -OCH3 is 1. The third-order valence-electron chi connectivity index (χ3n) is 1.67. The normalized spacial score (nSPS) is 9.57. The molecule has 0 aromatic heterocycles. The molecule has 1 rings (SSSR count). The van der Waals surface area contributed by atoms with Gasteiger partial charge in [0.25, 0.3) is 0 Å². The molecule has 0 bridgehead atoms. The smallest absolute Gasteiger partial charge is 0.186 e. The van der Waals surface area contributed by atoms with E-state index < -0.39 is 0 Å². The van der Waals surface area contributed by atoms with E-state index in [9.17, 15) is 0 Å². The third kappa shape index (κ3) is 2.81. The van der Waals surface area contributed by atoms with Crippen LogP contribution in [-0.4, -0.2) is 13.1 Å². The molecule has 5 heteroatoms. The van der Waals surface area contributed by atoms with Crippen LogP contribution in [0.2, 0.25) is 5.02 Å². The van der Waals surface area contributed by atoms with Gasteiger partial charge in [-0.1, -0.05) is 11.6 Å². The van der Waals surface area contributed by atoms with E-state index >= 15 is 0 Å². The van der Waals surface area contributed by atoms with E-state index in [1.54, 1.807) is 25.3 Å². The summed E-state index contributed by atoms with van der Waals surface area (Å²) in [6.07, 6.45) is 0. The van der Waals surface area contributed by atoms with Crippen molar-refractivity contribution in [3.63, 3.8) is 0 Å². The summed E-state index contributed by atoms with van der Waals surface area (Å²) in [6, 6.07) is 5.30. The van der Waals surface area contributed by atoms with Crippen molar-refractivity contribution in [3.05, 3.63) is 28.8 Å².